The third kappa shape index (κ3) is 3.33. The first kappa shape index (κ1) is 16.0. The average molecular weight is 338 g/mol. The molecule has 1 fully saturated rings. The Kier molecular flexibility index (Phi) is 4.32. The van der Waals surface area contributed by atoms with Crippen molar-refractivity contribution in [2.45, 2.75) is 25.4 Å². The van der Waals surface area contributed by atoms with Crippen LogP contribution in [0.2, 0.25) is 0 Å². The smallest absolute Gasteiger partial charge is 0.248 e. The van der Waals surface area contributed by atoms with E-state index in [1.54, 1.807) is 12.1 Å². The van der Waals surface area contributed by atoms with Gasteiger partial charge in [-0.25, -0.2) is 0 Å². The van der Waals surface area contributed by atoms with Crippen molar-refractivity contribution in [1.29, 1.82) is 0 Å². The van der Waals surface area contributed by atoms with Crippen LogP contribution in [0.1, 0.15) is 40.4 Å². The number of carbonyl (C=O) groups is 1. The molecule has 2 N–H and O–H groups in total. The van der Waals surface area contributed by atoms with Crippen molar-refractivity contribution < 1.29 is 14.3 Å². The summed E-state index contributed by atoms with van der Waals surface area (Å²) in [4.78, 5) is 13.7. The van der Waals surface area contributed by atoms with Crippen molar-refractivity contribution in [3.63, 3.8) is 0 Å². The van der Waals surface area contributed by atoms with Gasteiger partial charge in [-0.05, 0) is 54.8 Å². The standard InChI is InChI=1S/C20H22N2O3/c21-20(23)15-5-3-14(4-6-15)13-22-9-1-2-17(22)16-7-8-18-19(12-16)25-11-10-24-18/h3-8,12,17H,1-2,9-11,13H2,(H2,21,23)/t17-/m1/s1. The number of fused-ring (bicyclic) bond motifs is 1. The maximum Gasteiger partial charge on any atom is 0.248 e. The molecule has 130 valence electrons. The molecule has 2 aromatic rings. The number of benzene rings is 2. The molecule has 2 aliphatic heterocycles. The van der Waals surface area contributed by atoms with E-state index in [4.69, 9.17) is 15.2 Å². The van der Waals surface area contributed by atoms with Crippen molar-refractivity contribution in [2.75, 3.05) is 19.8 Å². The minimum absolute atomic E-state index is 0.381. The molecular weight excluding hydrogens is 316 g/mol. The largest absolute Gasteiger partial charge is 0.486 e. The highest BCUT2D eigenvalue weighted by atomic mass is 16.6. The lowest BCUT2D eigenvalue weighted by atomic mass is 10.0. The van der Waals surface area contributed by atoms with E-state index in [2.05, 4.69) is 17.0 Å². The fourth-order valence-corrected chi connectivity index (χ4v) is 3.67. The van der Waals surface area contributed by atoms with Crippen LogP contribution < -0.4 is 15.2 Å². The Hall–Kier alpha value is -2.53. The number of rotatable bonds is 4. The molecule has 1 amide bonds. The summed E-state index contributed by atoms with van der Waals surface area (Å²) in [6, 6.07) is 14.2. The SMILES string of the molecule is NC(=O)c1ccc(CN2CCC[C@@H]2c2ccc3c(c2)OCCO3)cc1. The number of hydrogen-bond donors (Lipinski definition) is 1. The average Bonchev–Trinajstić information content (AvgIpc) is 3.10. The van der Waals surface area contributed by atoms with Crippen LogP contribution in [0.3, 0.4) is 0 Å². The second-order valence-corrected chi connectivity index (χ2v) is 6.59. The Bertz CT molecular complexity index is 773. The summed E-state index contributed by atoms with van der Waals surface area (Å²) in [5.74, 6) is 1.30. The predicted molar refractivity (Wildman–Crippen MR) is 94.8 cm³/mol. The highest BCUT2D eigenvalue weighted by Crippen LogP contribution is 2.38. The molecule has 1 atom stereocenters. The topological polar surface area (TPSA) is 64.8 Å². The molecule has 0 spiro atoms. The van der Waals surface area contributed by atoms with Crippen LogP contribution in [0.15, 0.2) is 42.5 Å². The lowest BCUT2D eigenvalue weighted by Gasteiger charge is -2.26. The first-order chi connectivity index (χ1) is 12.2. The van der Waals surface area contributed by atoms with Crippen LogP contribution in [-0.2, 0) is 6.54 Å². The second-order valence-electron chi connectivity index (χ2n) is 6.59. The molecule has 2 heterocycles. The number of nitrogens with zero attached hydrogens (tertiary/aromatic N) is 1. The number of nitrogens with two attached hydrogens (primary N) is 1. The number of likely N-dealkylation sites (tertiary alicyclic amines) is 1. The van der Waals surface area contributed by atoms with Gasteiger partial charge in [0, 0.05) is 18.2 Å². The summed E-state index contributed by atoms with van der Waals surface area (Å²) in [5, 5.41) is 0. The maximum atomic E-state index is 11.2. The molecule has 1 saturated heterocycles. The quantitative estimate of drug-likeness (QED) is 0.931. The first-order valence-electron chi connectivity index (χ1n) is 8.73. The van der Waals surface area contributed by atoms with Crippen molar-refractivity contribution in [3.05, 3.63) is 59.2 Å². The Balaban J connectivity index is 1.51. The van der Waals surface area contributed by atoms with Gasteiger partial charge in [0.15, 0.2) is 11.5 Å². The molecule has 5 nitrogen and oxygen atoms in total. The van der Waals surface area contributed by atoms with E-state index < -0.39 is 0 Å². The molecule has 5 heteroatoms. The molecule has 25 heavy (non-hydrogen) atoms. The van der Waals surface area contributed by atoms with E-state index in [1.165, 1.54) is 17.5 Å². The van der Waals surface area contributed by atoms with Gasteiger partial charge in [-0.15, -0.1) is 0 Å². The van der Waals surface area contributed by atoms with E-state index in [9.17, 15) is 4.79 Å². The Morgan fingerprint density at radius 2 is 1.84 bits per heavy atom. The van der Waals surface area contributed by atoms with Crippen molar-refractivity contribution >= 4 is 5.91 Å². The van der Waals surface area contributed by atoms with E-state index >= 15 is 0 Å². The van der Waals surface area contributed by atoms with E-state index in [-0.39, 0.29) is 5.91 Å². The van der Waals surface area contributed by atoms with Gasteiger partial charge in [-0.1, -0.05) is 18.2 Å². The molecule has 0 unspecified atom stereocenters. The fraction of sp³-hybridized carbons (Fsp3) is 0.350. The van der Waals surface area contributed by atoms with Gasteiger partial charge in [0.1, 0.15) is 13.2 Å². The summed E-state index contributed by atoms with van der Waals surface area (Å²) in [6.45, 7) is 3.15. The number of ether oxygens (including phenoxy) is 2. The maximum absolute atomic E-state index is 11.2. The van der Waals surface area contributed by atoms with Crippen LogP contribution in [0.5, 0.6) is 11.5 Å². The van der Waals surface area contributed by atoms with Crippen LogP contribution in [0, 0.1) is 0 Å². The lowest BCUT2D eigenvalue weighted by molar-refractivity contribution is 0.100. The van der Waals surface area contributed by atoms with Crippen molar-refractivity contribution in [1.82, 2.24) is 4.90 Å². The molecule has 0 bridgehead atoms. The molecule has 0 aliphatic carbocycles. The van der Waals surface area contributed by atoms with E-state index in [0.717, 1.165) is 31.0 Å². The summed E-state index contributed by atoms with van der Waals surface area (Å²) >= 11 is 0. The minimum Gasteiger partial charge on any atom is -0.486 e. The Morgan fingerprint density at radius 3 is 2.60 bits per heavy atom. The zero-order valence-corrected chi connectivity index (χ0v) is 14.1. The first-order valence-corrected chi connectivity index (χ1v) is 8.73. The normalized spacial score (nSPS) is 19.8. The third-order valence-corrected chi connectivity index (χ3v) is 4.94. The summed E-state index contributed by atoms with van der Waals surface area (Å²) in [7, 11) is 0. The van der Waals surface area contributed by atoms with Crippen LogP contribution in [0.25, 0.3) is 0 Å². The Labute approximate surface area is 147 Å². The van der Waals surface area contributed by atoms with Crippen molar-refractivity contribution in [2.24, 2.45) is 5.73 Å². The highest BCUT2D eigenvalue weighted by Gasteiger charge is 2.27. The van der Waals surface area contributed by atoms with Gasteiger partial charge < -0.3 is 15.2 Å². The van der Waals surface area contributed by atoms with Crippen LogP contribution in [-0.4, -0.2) is 30.6 Å². The highest BCUT2D eigenvalue weighted by molar-refractivity contribution is 5.92. The summed E-state index contributed by atoms with van der Waals surface area (Å²) in [6.07, 6.45) is 2.32. The molecule has 0 aromatic heterocycles. The molecule has 0 radical (unpaired) electrons. The number of amides is 1. The zero-order chi connectivity index (χ0) is 17.2. The predicted octanol–water partition coefficient (Wildman–Crippen LogP) is 2.89. The van der Waals surface area contributed by atoms with E-state index in [0.29, 0.717) is 24.8 Å². The summed E-state index contributed by atoms with van der Waals surface area (Å²) in [5.41, 5.74) is 8.32. The van der Waals surface area contributed by atoms with Gasteiger partial charge in [0.05, 0.1) is 0 Å². The zero-order valence-electron chi connectivity index (χ0n) is 14.1. The summed E-state index contributed by atoms with van der Waals surface area (Å²) < 4.78 is 11.3. The van der Waals surface area contributed by atoms with Gasteiger partial charge >= 0.3 is 0 Å². The number of primary amides is 1. The van der Waals surface area contributed by atoms with Gasteiger partial charge in [-0.2, -0.15) is 0 Å². The van der Waals surface area contributed by atoms with Gasteiger partial charge in [-0.3, -0.25) is 9.69 Å². The van der Waals surface area contributed by atoms with Crippen LogP contribution in [0.4, 0.5) is 0 Å². The monoisotopic (exact) mass is 338 g/mol. The van der Waals surface area contributed by atoms with Crippen molar-refractivity contribution in [3.8, 4) is 11.5 Å². The number of hydrogen-bond acceptors (Lipinski definition) is 4. The van der Waals surface area contributed by atoms with Gasteiger partial charge in [0.2, 0.25) is 5.91 Å². The van der Waals surface area contributed by atoms with Gasteiger partial charge in [0.25, 0.3) is 0 Å². The van der Waals surface area contributed by atoms with Crippen LogP contribution >= 0.6 is 0 Å². The molecule has 4 rings (SSSR count). The third-order valence-electron chi connectivity index (χ3n) is 4.94. The Morgan fingerprint density at radius 1 is 1.08 bits per heavy atom. The number of carbonyl (C=O) groups excluding carboxylic acids is 1. The fourth-order valence-electron chi connectivity index (χ4n) is 3.67. The lowest BCUT2D eigenvalue weighted by Crippen LogP contribution is -2.23. The molecule has 2 aromatic carbocycles. The molecule has 0 saturated carbocycles. The van der Waals surface area contributed by atoms with E-state index in [1.807, 2.05) is 18.2 Å². The molecular formula is C20H22N2O3. The second kappa shape index (κ2) is 6.76. The molecule has 2 aliphatic rings. The minimum atomic E-state index is -0.387.